The summed E-state index contributed by atoms with van der Waals surface area (Å²) in [6, 6.07) is -0.327. The quantitative estimate of drug-likeness (QED) is 0.883. The molecule has 2 heterocycles. The standard InChI is InChI=1S/C15H26N4O/c1-3-5-13(16)15(20)19-8-4-6-12(11-19)10-14-17-7-9-18(14)2/h7,9,12-13H,3-6,8,10-11,16H2,1-2H3. The van der Waals surface area contributed by atoms with E-state index in [0.717, 1.165) is 44.6 Å². The summed E-state index contributed by atoms with van der Waals surface area (Å²) in [6.45, 7) is 3.74. The van der Waals surface area contributed by atoms with Crippen molar-refractivity contribution in [1.29, 1.82) is 0 Å². The van der Waals surface area contributed by atoms with Crippen molar-refractivity contribution in [2.75, 3.05) is 13.1 Å². The first kappa shape index (κ1) is 15.0. The van der Waals surface area contributed by atoms with Gasteiger partial charge in [0, 0.05) is 39.0 Å². The predicted molar refractivity (Wildman–Crippen MR) is 79.1 cm³/mol. The van der Waals surface area contributed by atoms with E-state index < -0.39 is 0 Å². The molecular formula is C15H26N4O. The van der Waals surface area contributed by atoms with Gasteiger partial charge < -0.3 is 15.2 Å². The van der Waals surface area contributed by atoms with Crippen molar-refractivity contribution in [3.05, 3.63) is 18.2 Å². The van der Waals surface area contributed by atoms with Gasteiger partial charge in [-0.25, -0.2) is 4.98 Å². The highest BCUT2D eigenvalue weighted by Gasteiger charge is 2.27. The van der Waals surface area contributed by atoms with Gasteiger partial charge in [-0.15, -0.1) is 0 Å². The molecule has 1 aliphatic heterocycles. The Hall–Kier alpha value is -1.36. The zero-order chi connectivity index (χ0) is 14.5. The number of carbonyl (C=O) groups is 1. The maximum Gasteiger partial charge on any atom is 0.239 e. The number of nitrogens with two attached hydrogens (primary N) is 1. The number of rotatable bonds is 5. The van der Waals surface area contributed by atoms with E-state index >= 15 is 0 Å². The average molecular weight is 278 g/mol. The first-order valence-electron chi connectivity index (χ1n) is 7.62. The Kier molecular flexibility index (Phi) is 5.17. The minimum absolute atomic E-state index is 0.122. The van der Waals surface area contributed by atoms with Gasteiger partial charge in [-0.2, -0.15) is 0 Å². The fourth-order valence-corrected chi connectivity index (χ4v) is 2.95. The molecular weight excluding hydrogens is 252 g/mol. The summed E-state index contributed by atoms with van der Waals surface area (Å²) < 4.78 is 2.06. The largest absolute Gasteiger partial charge is 0.341 e. The van der Waals surface area contributed by atoms with E-state index in [2.05, 4.69) is 16.5 Å². The maximum atomic E-state index is 12.3. The van der Waals surface area contributed by atoms with Gasteiger partial charge in [-0.05, 0) is 25.2 Å². The van der Waals surface area contributed by atoms with Crippen molar-refractivity contribution >= 4 is 5.91 Å². The lowest BCUT2D eigenvalue weighted by molar-refractivity contribution is -0.134. The Labute approximate surface area is 121 Å². The molecule has 5 heteroatoms. The SMILES string of the molecule is CCCC(N)C(=O)N1CCCC(Cc2nccn2C)C1. The van der Waals surface area contributed by atoms with E-state index in [4.69, 9.17) is 5.73 Å². The Morgan fingerprint density at radius 2 is 2.40 bits per heavy atom. The van der Waals surface area contributed by atoms with Crippen LogP contribution in [0.15, 0.2) is 12.4 Å². The van der Waals surface area contributed by atoms with Gasteiger partial charge in [0.15, 0.2) is 0 Å². The van der Waals surface area contributed by atoms with Crippen molar-refractivity contribution in [2.24, 2.45) is 18.7 Å². The van der Waals surface area contributed by atoms with E-state index in [-0.39, 0.29) is 11.9 Å². The van der Waals surface area contributed by atoms with Crippen LogP contribution < -0.4 is 5.73 Å². The third kappa shape index (κ3) is 3.60. The second kappa shape index (κ2) is 6.88. The van der Waals surface area contributed by atoms with Crippen molar-refractivity contribution in [2.45, 2.75) is 45.1 Å². The second-order valence-corrected chi connectivity index (χ2v) is 5.85. The maximum absolute atomic E-state index is 12.3. The van der Waals surface area contributed by atoms with E-state index in [9.17, 15) is 4.79 Å². The van der Waals surface area contributed by atoms with Crippen molar-refractivity contribution in [3.8, 4) is 0 Å². The van der Waals surface area contributed by atoms with E-state index in [0.29, 0.717) is 5.92 Å². The summed E-state index contributed by atoms with van der Waals surface area (Å²) in [7, 11) is 2.02. The number of carbonyl (C=O) groups excluding carboxylic acids is 1. The number of nitrogens with zero attached hydrogens (tertiary/aromatic N) is 3. The average Bonchev–Trinajstić information content (AvgIpc) is 2.84. The molecule has 2 rings (SSSR count). The van der Waals surface area contributed by atoms with Crippen LogP contribution in [0.1, 0.15) is 38.4 Å². The molecule has 0 aromatic carbocycles. The van der Waals surface area contributed by atoms with Crippen molar-refractivity contribution in [1.82, 2.24) is 14.5 Å². The molecule has 112 valence electrons. The molecule has 0 radical (unpaired) electrons. The Bertz CT molecular complexity index is 443. The Morgan fingerprint density at radius 3 is 3.05 bits per heavy atom. The third-order valence-electron chi connectivity index (χ3n) is 4.14. The minimum Gasteiger partial charge on any atom is -0.341 e. The number of hydrogen-bond acceptors (Lipinski definition) is 3. The molecule has 2 unspecified atom stereocenters. The molecule has 2 atom stereocenters. The molecule has 0 spiro atoms. The van der Waals surface area contributed by atoms with Crippen molar-refractivity contribution < 1.29 is 4.79 Å². The van der Waals surface area contributed by atoms with Crippen LogP contribution in [0, 0.1) is 5.92 Å². The third-order valence-corrected chi connectivity index (χ3v) is 4.14. The van der Waals surface area contributed by atoms with Crippen LogP contribution in [-0.4, -0.2) is 39.5 Å². The van der Waals surface area contributed by atoms with Crippen LogP contribution in [0.2, 0.25) is 0 Å². The fourth-order valence-electron chi connectivity index (χ4n) is 2.95. The number of piperidine rings is 1. The molecule has 20 heavy (non-hydrogen) atoms. The number of hydrogen-bond donors (Lipinski definition) is 1. The number of likely N-dealkylation sites (tertiary alicyclic amines) is 1. The highest BCUT2D eigenvalue weighted by molar-refractivity contribution is 5.81. The van der Waals surface area contributed by atoms with Gasteiger partial charge in [0.1, 0.15) is 5.82 Å². The lowest BCUT2D eigenvalue weighted by atomic mass is 9.93. The fraction of sp³-hybridized carbons (Fsp3) is 0.733. The molecule has 0 aliphatic carbocycles. The minimum atomic E-state index is -0.327. The topological polar surface area (TPSA) is 64.2 Å². The molecule has 5 nitrogen and oxygen atoms in total. The first-order valence-corrected chi connectivity index (χ1v) is 7.62. The Balaban J connectivity index is 1.91. The number of aromatic nitrogens is 2. The molecule has 0 saturated carbocycles. The summed E-state index contributed by atoms with van der Waals surface area (Å²) in [5.41, 5.74) is 5.96. The summed E-state index contributed by atoms with van der Waals surface area (Å²) in [5.74, 6) is 1.72. The smallest absolute Gasteiger partial charge is 0.239 e. The zero-order valence-corrected chi connectivity index (χ0v) is 12.6. The van der Waals surface area contributed by atoms with Gasteiger partial charge in [0.2, 0.25) is 5.91 Å². The molecule has 1 aromatic heterocycles. The molecule has 0 bridgehead atoms. The highest BCUT2D eigenvalue weighted by Crippen LogP contribution is 2.21. The molecule has 1 aromatic rings. The lowest BCUT2D eigenvalue weighted by Gasteiger charge is -2.34. The van der Waals surface area contributed by atoms with Crippen LogP contribution in [-0.2, 0) is 18.3 Å². The summed E-state index contributed by atoms with van der Waals surface area (Å²) in [5, 5.41) is 0. The summed E-state index contributed by atoms with van der Waals surface area (Å²) in [4.78, 5) is 18.6. The van der Waals surface area contributed by atoms with E-state index in [1.165, 1.54) is 6.42 Å². The van der Waals surface area contributed by atoms with Gasteiger partial charge >= 0.3 is 0 Å². The monoisotopic (exact) mass is 278 g/mol. The van der Waals surface area contributed by atoms with Gasteiger partial charge in [-0.1, -0.05) is 13.3 Å². The lowest BCUT2D eigenvalue weighted by Crippen LogP contribution is -2.48. The molecule has 2 N–H and O–H groups in total. The van der Waals surface area contributed by atoms with Gasteiger partial charge in [-0.3, -0.25) is 4.79 Å². The van der Waals surface area contributed by atoms with Crippen molar-refractivity contribution in [3.63, 3.8) is 0 Å². The van der Waals surface area contributed by atoms with E-state index in [1.807, 2.05) is 24.3 Å². The number of aryl methyl sites for hydroxylation is 1. The molecule has 1 aliphatic rings. The zero-order valence-electron chi connectivity index (χ0n) is 12.6. The van der Waals surface area contributed by atoms with Crippen LogP contribution in [0.5, 0.6) is 0 Å². The van der Waals surface area contributed by atoms with Crippen LogP contribution in [0.3, 0.4) is 0 Å². The predicted octanol–water partition coefficient (Wildman–Crippen LogP) is 1.33. The summed E-state index contributed by atoms with van der Waals surface area (Å²) in [6.07, 6.45) is 8.71. The van der Waals surface area contributed by atoms with Crippen LogP contribution in [0.4, 0.5) is 0 Å². The van der Waals surface area contributed by atoms with Crippen LogP contribution >= 0.6 is 0 Å². The molecule has 1 saturated heterocycles. The van der Waals surface area contributed by atoms with Crippen LogP contribution in [0.25, 0.3) is 0 Å². The van der Waals surface area contributed by atoms with E-state index in [1.54, 1.807) is 0 Å². The second-order valence-electron chi connectivity index (χ2n) is 5.85. The highest BCUT2D eigenvalue weighted by atomic mass is 16.2. The first-order chi connectivity index (χ1) is 9.61. The Morgan fingerprint density at radius 1 is 1.60 bits per heavy atom. The molecule has 1 fully saturated rings. The van der Waals surface area contributed by atoms with Gasteiger partial charge in [0.25, 0.3) is 0 Å². The normalized spacial score (nSPS) is 20.9. The van der Waals surface area contributed by atoms with Gasteiger partial charge in [0.05, 0.1) is 6.04 Å². The number of amides is 1. The molecule has 1 amide bonds. The summed E-state index contributed by atoms with van der Waals surface area (Å²) >= 11 is 0. The number of imidazole rings is 1.